The number of pyridine rings is 1. The van der Waals surface area contributed by atoms with Crippen molar-refractivity contribution in [3.63, 3.8) is 0 Å². The molecule has 0 atom stereocenters. The summed E-state index contributed by atoms with van der Waals surface area (Å²) in [5.41, 5.74) is 6.16. The molecule has 0 saturated heterocycles. The zero-order valence-electron chi connectivity index (χ0n) is 26.2. The number of hydrogen-bond acceptors (Lipinski definition) is 7. The van der Waals surface area contributed by atoms with Gasteiger partial charge in [0.2, 0.25) is 11.8 Å². The summed E-state index contributed by atoms with van der Waals surface area (Å²) in [5, 5.41) is 5.68. The molecule has 0 radical (unpaired) electrons. The lowest BCUT2D eigenvalue weighted by Gasteiger charge is -2.17. The van der Waals surface area contributed by atoms with Crippen LogP contribution in [-0.2, 0) is 26.0 Å². The first kappa shape index (κ1) is 34.4. The zero-order chi connectivity index (χ0) is 33.3. The third-order valence-corrected chi connectivity index (χ3v) is 9.37. The van der Waals surface area contributed by atoms with E-state index >= 15 is 0 Å². The standard InChI is InChI=1S/C18H20N2O2S2.C17H17FN2O2/c1-13-7-8-20-16-11-17(23-18(13)16)15-5-3-14(4-6-15)12-19-9-10-24(2,21)22;1-12-8-9-13(10-15(12)18)19-16(21)11-17(22)20(2)14-6-4-3-5-7-14/h3-8,11,19H,9-10,12H2,1-2H3;3-10H,11H2,1-2H3,(H,19,21). The van der Waals surface area contributed by atoms with E-state index in [4.69, 9.17) is 0 Å². The number of benzene rings is 3. The van der Waals surface area contributed by atoms with Crippen molar-refractivity contribution in [1.82, 2.24) is 10.3 Å². The summed E-state index contributed by atoms with van der Waals surface area (Å²) < 4.78 is 36.8. The molecule has 0 fully saturated rings. The number of carbonyl (C=O) groups excluding carboxylic acids is 2. The molecule has 2 amide bonds. The Morgan fingerprint density at radius 2 is 1.65 bits per heavy atom. The maximum absolute atomic E-state index is 13.4. The molecule has 46 heavy (non-hydrogen) atoms. The highest BCUT2D eigenvalue weighted by Gasteiger charge is 2.16. The van der Waals surface area contributed by atoms with Gasteiger partial charge in [0.15, 0.2) is 0 Å². The summed E-state index contributed by atoms with van der Waals surface area (Å²) in [7, 11) is -1.30. The molecule has 2 aromatic heterocycles. The molecule has 2 N–H and O–H groups in total. The molecule has 2 heterocycles. The van der Waals surface area contributed by atoms with Crippen molar-refractivity contribution in [2.75, 3.05) is 35.8 Å². The van der Waals surface area contributed by atoms with Crippen molar-refractivity contribution in [2.45, 2.75) is 26.8 Å². The van der Waals surface area contributed by atoms with Gasteiger partial charge in [0.05, 0.1) is 16.0 Å². The zero-order valence-corrected chi connectivity index (χ0v) is 27.8. The average Bonchev–Trinajstić information content (AvgIpc) is 3.47. The Labute approximate surface area is 273 Å². The molecule has 0 aliphatic heterocycles. The number of halogens is 1. The average molecular weight is 661 g/mol. The Balaban J connectivity index is 0.000000210. The predicted molar refractivity (Wildman–Crippen MR) is 185 cm³/mol. The highest BCUT2D eigenvalue weighted by molar-refractivity contribution is 7.90. The number of sulfone groups is 1. The van der Waals surface area contributed by atoms with Crippen LogP contribution in [0.4, 0.5) is 15.8 Å². The highest BCUT2D eigenvalue weighted by atomic mass is 32.2. The van der Waals surface area contributed by atoms with Crippen molar-refractivity contribution >= 4 is 54.6 Å². The second-order valence-electron chi connectivity index (χ2n) is 10.9. The second kappa shape index (κ2) is 15.7. The SMILES string of the molecule is Cc1ccc(NC(=O)CC(=O)N(C)c2ccccc2)cc1F.Cc1ccnc2cc(-c3ccc(CNCCS(C)(=O)=O)cc3)sc12. The van der Waals surface area contributed by atoms with Crippen LogP contribution >= 0.6 is 11.3 Å². The van der Waals surface area contributed by atoms with Crippen molar-refractivity contribution in [2.24, 2.45) is 0 Å². The third-order valence-electron chi connectivity index (χ3n) is 7.11. The fraction of sp³-hybridized carbons (Fsp3) is 0.229. The van der Waals surface area contributed by atoms with Gasteiger partial charge in [0, 0.05) is 48.8 Å². The highest BCUT2D eigenvalue weighted by Crippen LogP contribution is 2.34. The van der Waals surface area contributed by atoms with Crippen LogP contribution in [0.5, 0.6) is 0 Å². The van der Waals surface area contributed by atoms with E-state index in [1.807, 2.05) is 30.5 Å². The lowest BCUT2D eigenvalue weighted by Crippen LogP contribution is -2.30. The largest absolute Gasteiger partial charge is 0.326 e. The number of rotatable bonds is 10. The number of para-hydroxylation sites is 1. The van der Waals surface area contributed by atoms with Gasteiger partial charge in [-0.1, -0.05) is 48.5 Å². The second-order valence-corrected chi connectivity index (χ2v) is 14.2. The van der Waals surface area contributed by atoms with E-state index in [1.54, 1.807) is 49.6 Å². The van der Waals surface area contributed by atoms with Crippen LogP contribution in [0.1, 0.15) is 23.1 Å². The fourth-order valence-electron chi connectivity index (χ4n) is 4.41. The third kappa shape index (κ3) is 10.0. The van der Waals surface area contributed by atoms with Gasteiger partial charge in [-0.2, -0.15) is 0 Å². The van der Waals surface area contributed by atoms with E-state index in [9.17, 15) is 22.4 Å². The van der Waals surface area contributed by atoms with Crippen molar-refractivity contribution < 1.29 is 22.4 Å². The number of nitrogens with zero attached hydrogens (tertiary/aromatic N) is 2. The molecular weight excluding hydrogens is 624 g/mol. The number of aromatic nitrogens is 1. The minimum atomic E-state index is -2.90. The van der Waals surface area contributed by atoms with Gasteiger partial charge in [-0.25, -0.2) is 12.8 Å². The van der Waals surface area contributed by atoms with Crippen LogP contribution in [-0.4, -0.2) is 50.8 Å². The molecule has 0 aliphatic carbocycles. The predicted octanol–water partition coefficient (Wildman–Crippen LogP) is 6.53. The Bertz CT molecular complexity index is 1910. The Morgan fingerprint density at radius 3 is 2.30 bits per heavy atom. The molecule has 0 unspecified atom stereocenters. The minimum absolute atomic E-state index is 0.166. The Hall–Kier alpha value is -4.45. The number of carbonyl (C=O) groups is 2. The van der Waals surface area contributed by atoms with E-state index in [1.165, 1.54) is 37.9 Å². The van der Waals surface area contributed by atoms with Crippen LogP contribution in [0, 0.1) is 19.7 Å². The van der Waals surface area contributed by atoms with Crippen molar-refractivity contribution in [1.29, 1.82) is 0 Å². The van der Waals surface area contributed by atoms with Gasteiger partial charge in [-0.3, -0.25) is 14.6 Å². The summed E-state index contributed by atoms with van der Waals surface area (Å²) in [6.07, 6.45) is 2.80. The van der Waals surface area contributed by atoms with Crippen LogP contribution in [0.2, 0.25) is 0 Å². The van der Waals surface area contributed by atoms with Crippen molar-refractivity contribution in [3.8, 4) is 10.4 Å². The molecule has 0 saturated carbocycles. The van der Waals surface area contributed by atoms with Gasteiger partial charge in [0.1, 0.15) is 22.1 Å². The molecule has 0 aliphatic rings. The number of nitrogens with one attached hydrogen (secondary N) is 2. The first-order valence-corrected chi connectivity index (χ1v) is 17.5. The van der Waals surface area contributed by atoms with Crippen LogP contribution in [0.15, 0.2) is 91.1 Å². The maximum atomic E-state index is 13.4. The number of aryl methyl sites for hydroxylation is 2. The molecule has 8 nitrogen and oxygen atoms in total. The summed E-state index contributed by atoms with van der Waals surface area (Å²) in [4.78, 5) is 31.0. The van der Waals surface area contributed by atoms with Crippen molar-refractivity contribution in [3.05, 3.63) is 114 Å². The number of amides is 2. The summed E-state index contributed by atoms with van der Waals surface area (Å²) >= 11 is 1.76. The molecule has 240 valence electrons. The van der Waals surface area contributed by atoms with Gasteiger partial charge < -0.3 is 15.5 Å². The van der Waals surface area contributed by atoms with Gasteiger partial charge >= 0.3 is 0 Å². The topological polar surface area (TPSA) is 108 Å². The van der Waals surface area contributed by atoms with E-state index < -0.39 is 21.6 Å². The fourth-order valence-corrected chi connectivity index (χ4v) is 6.02. The summed E-state index contributed by atoms with van der Waals surface area (Å²) in [5.74, 6) is -1.04. The van der Waals surface area contributed by atoms with Crippen LogP contribution in [0.25, 0.3) is 20.7 Å². The molecule has 5 aromatic rings. The number of fused-ring (bicyclic) bond motifs is 1. The summed E-state index contributed by atoms with van der Waals surface area (Å²) in [6, 6.07) is 26.0. The van der Waals surface area contributed by atoms with E-state index in [2.05, 4.69) is 52.9 Å². The lowest BCUT2D eigenvalue weighted by molar-refractivity contribution is -0.125. The first-order chi connectivity index (χ1) is 21.9. The molecule has 5 rings (SSSR count). The smallest absolute Gasteiger partial charge is 0.236 e. The molecule has 11 heteroatoms. The normalized spacial score (nSPS) is 11.1. The number of anilines is 2. The van der Waals surface area contributed by atoms with E-state index in [-0.39, 0.29) is 18.1 Å². The van der Waals surface area contributed by atoms with Gasteiger partial charge in [0.25, 0.3) is 0 Å². The van der Waals surface area contributed by atoms with Gasteiger partial charge in [-0.15, -0.1) is 11.3 Å². The van der Waals surface area contributed by atoms with Crippen LogP contribution in [0.3, 0.4) is 0 Å². The van der Waals surface area contributed by atoms with E-state index in [0.29, 0.717) is 30.0 Å². The first-order valence-electron chi connectivity index (χ1n) is 14.6. The minimum Gasteiger partial charge on any atom is -0.326 e. The summed E-state index contributed by atoms with van der Waals surface area (Å²) in [6.45, 7) is 4.89. The quantitative estimate of drug-likeness (QED) is 0.130. The molecule has 0 spiro atoms. The maximum Gasteiger partial charge on any atom is 0.236 e. The molecule has 0 bridgehead atoms. The lowest BCUT2D eigenvalue weighted by atomic mass is 10.1. The Kier molecular flexibility index (Phi) is 11.8. The molecule has 3 aromatic carbocycles. The molecular formula is C35H37FN4O4S2. The van der Waals surface area contributed by atoms with E-state index in [0.717, 1.165) is 11.1 Å². The van der Waals surface area contributed by atoms with Gasteiger partial charge in [-0.05, 0) is 72.5 Å². The number of hydrogen-bond donors (Lipinski definition) is 2. The Morgan fingerprint density at radius 1 is 0.935 bits per heavy atom. The number of thiophene rings is 1. The van der Waals surface area contributed by atoms with Crippen LogP contribution < -0.4 is 15.5 Å². The monoisotopic (exact) mass is 660 g/mol.